The van der Waals surface area contributed by atoms with E-state index in [0.29, 0.717) is 11.4 Å². The van der Waals surface area contributed by atoms with E-state index in [9.17, 15) is 8.42 Å². The number of benzene rings is 1. The van der Waals surface area contributed by atoms with Crippen molar-refractivity contribution in [2.45, 2.75) is 16.0 Å². The van der Waals surface area contributed by atoms with Crippen molar-refractivity contribution in [1.82, 2.24) is 4.98 Å². The van der Waals surface area contributed by atoms with Crippen LogP contribution in [0.4, 0.5) is 5.69 Å². The molecular weight excluding hydrogens is 324 g/mol. The van der Waals surface area contributed by atoms with Crippen molar-refractivity contribution in [3.8, 4) is 0 Å². The minimum absolute atomic E-state index is 0.147. The molecule has 0 aliphatic heterocycles. The molecule has 0 amide bonds. The van der Waals surface area contributed by atoms with Gasteiger partial charge in [0.05, 0.1) is 11.4 Å². The molecule has 1 aromatic carbocycles. The van der Waals surface area contributed by atoms with Crippen molar-refractivity contribution >= 4 is 50.4 Å². The van der Waals surface area contributed by atoms with Crippen LogP contribution in [-0.4, -0.2) is 19.7 Å². The van der Waals surface area contributed by atoms with Gasteiger partial charge in [0.2, 0.25) is 0 Å². The highest BCUT2D eigenvalue weighted by Gasteiger charge is 2.22. The summed E-state index contributed by atoms with van der Waals surface area (Å²) < 4.78 is 27.5. The molecule has 0 bridgehead atoms. The van der Waals surface area contributed by atoms with Crippen LogP contribution >= 0.6 is 34.7 Å². The number of para-hydroxylation sites is 1. The summed E-state index contributed by atoms with van der Waals surface area (Å²) in [5, 5.41) is 0. The molecule has 0 atom stereocenters. The molecule has 1 N–H and O–H groups in total. The number of anilines is 1. The fraction of sp³-hybridized carbons (Fsp3) is 0.182. The molecule has 0 fully saturated rings. The third-order valence-electron chi connectivity index (χ3n) is 2.32. The number of halogens is 1. The third-order valence-corrected chi connectivity index (χ3v) is 6.36. The van der Waals surface area contributed by atoms with E-state index >= 15 is 0 Å². The Morgan fingerprint density at radius 2 is 2.05 bits per heavy atom. The Morgan fingerprint density at radius 3 is 2.63 bits per heavy atom. The largest absolute Gasteiger partial charge is 0.278 e. The minimum Gasteiger partial charge on any atom is -0.278 e. The van der Waals surface area contributed by atoms with Crippen LogP contribution in [0.15, 0.2) is 33.4 Å². The zero-order valence-corrected chi connectivity index (χ0v) is 13.4. The number of nitrogens with one attached hydrogen (secondary N) is 1. The van der Waals surface area contributed by atoms with Gasteiger partial charge in [-0.25, -0.2) is 13.4 Å². The lowest BCUT2D eigenvalue weighted by Gasteiger charge is -2.10. The van der Waals surface area contributed by atoms with Crippen molar-refractivity contribution < 1.29 is 8.42 Å². The fourth-order valence-corrected chi connectivity index (χ4v) is 4.96. The molecule has 8 heteroatoms. The summed E-state index contributed by atoms with van der Waals surface area (Å²) in [6, 6.07) is 7.22. The molecule has 0 radical (unpaired) electrons. The number of nitrogens with zero attached hydrogens (tertiary/aromatic N) is 1. The van der Waals surface area contributed by atoms with Gasteiger partial charge in [-0.2, -0.15) is 0 Å². The first kappa shape index (κ1) is 14.6. The number of hydrogen-bond donors (Lipinski definition) is 1. The smallest absolute Gasteiger partial charge is 0.273 e. The van der Waals surface area contributed by atoms with E-state index in [-0.39, 0.29) is 8.68 Å². The highest BCUT2D eigenvalue weighted by molar-refractivity contribution is 7.99. The Labute approximate surface area is 125 Å². The summed E-state index contributed by atoms with van der Waals surface area (Å²) in [6.45, 7) is 1.62. The van der Waals surface area contributed by atoms with E-state index < -0.39 is 10.0 Å². The fourth-order valence-electron chi connectivity index (χ4n) is 1.52. The first-order valence-electron chi connectivity index (χ1n) is 5.23. The van der Waals surface area contributed by atoms with Crippen molar-refractivity contribution in [2.75, 3.05) is 11.0 Å². The van der Waals surface area contributed by atoms with Crippen molar-refractivity contribution in [1.29, 1.82) is 0 Å². The van der Waals surface area contributed by atoms with Crippen molar-refractivity contribution in [2.24, 2.45) is 0 Å². The highest BCUT2D eigenvalue weighted by atomic mass is 35.5. The Hall–Kier alpha value is -0.760. The number of rotatable bonds is 4. The topological polar surface area (TPSA) is 59.1 Å². The second-order valence-corrected chi connectivity index (χ2v) is 7.95. The van der Waals surface area contributed by atoms with E-state index in [4.69, 9.17) is 11.6 Å². The zero-order chi connectivity index (χ0) is 14.0. The maximum absolute atomic E-state index is 12.3. The number of aromatic nitrogens is 1. The van der Waals surface area contributed by atoms with Gasteiger partial charge in [0.1, 0.15) is 0 Å². The zero-order valence-electron chi connectivity index (χ0n) is 10.2. The van der Waals surface area contributed by atoms with Gasteiger partial charge >= 0.3 is 0 Å². The quantitative estimate of drug-likeness (QED) is 0.867. The minimum atomic E-state index is -3.65. The van der Waals surface area contributed by atoms with Crippen LogP contribution in [0.3, 0.4) is 0 Å². The highest BCUT2D eigenvalue weighted by Crippen LogP contribution is 2.31. The first-order valence-corrected chi connectivity index (χ1v) is 9.13. The van der Waals surface area contributed by atoms with Crippen molar-refractivity contribution in [3.63, 3.8) is 0 Å². The van der Waals surface area contributed by atoms with Crippen LogP contribution in [0.1, 0.15) is 5.69 Å². The molecule has 19 heavy (non-hydrogen) atoms. The van der Waals surface area contributed by atoms with Gasteiger partial charge in [0.15, 0.2) is 8.68 Å². The van der Waals surface area contributed by atoms with Gasteiger partial charge in [-0.15, -0.1) is 11.8 Å². The monoisotopic (exact) mass is 334 g/mol. The number of aryl methyl sites for hydroxylation is 1. The van der Waals surface area contributed by atoms with Crippen LogP contribution in [0.2, 0.25) is 4.47 Å². The average Bonchev–Trinajstić information content (AvgIpc) is 2.69. The molecule has 4 nitrogen and oxygen atoms in total. The van der Waals surface area contributed by atoms with E-state index in [1.165, 1.54) is 11.8 Å². The van der Waals surface area contributed by atoms with E-state index in [1.54, 1.807) is 19.1 Å². The van der Waals surface area contributed by atoms with Gasteiger partial charge in [0.25, 0.3) is 10.0 Å². The summed E-state index contributed by atoms with van der Waals surface area (Å²) >= 11 is 8.17. The molecule has 1 aromatic heterocycles. The Morgan fingerprint density at radius 1 is 1.37 bits per heavy atom. The summed E-state index contributed by atoms with van der Waals surface area (Å²) in [5.74, 6) is 0. The molecule has 102 valence electrons. The number of thiazole rings is 1. The standard InChI is InChI=1S/C11H11ClN2O2S3/c1-7-10(18-11(12)13-7)19(15,16)14-8-5-3-4-6-9(8)17-2/h3-6,14H,1-2H3. The lowest BCUT2D eigenvalue weighted by Crippen LogP contribution is -2.13. The van der Waals surface area contributed by atoms with Gasteiger partial charge < -0.3 is 0 Å². The SMILES string of the molecule is CSc1ccccc1NS(=O)(=O)c1sc(Cl)nc1C. The summed E-state index contributed by atoms with van der Waals surface area (Å²) in [6.07, 6.45) is 1.89. The predicted octanol–water partition coefficient (Wildman–Crippen LogP) is 3.63. The number of thioether (sulfide) groups is 1. The number of hydrogen-bond acceptors (Lipinski definition) is 5. The first-order chi connectivity index (χ1) is 8.94. The second kappa shape index (κ2) is 5.70. The summed E-state index contributed by atoms with van der Waals surface area (Å²) in [4.78, 5) is 4.78. The van der Waals surface area contributed by atoms with E-state index in [2.05, 4.69) is 9.71 Å². The van der Waals surface area contributed by atoms with E-state index in [0.717, 1.165) is 16.2 Å². The molecule has 0 saturated carbocycles. The Bertz CT molecular complexity index is 698. The van der Waals surface area contributed by atoms with Crippen LogP contribution in [0.25, 0.3) is 0 Å². The van der Waals surface area contributed by atoms with Gasteiger partial charge in [-0.3, -0.25) is 4.72 Å². The predicted molar refractivity (Wildman–Crippen MR) is 80.9 cm³/mol. The van der Waals surface area contributed by atoms with Gasteiger partial charge in [0, 0.05) is 4.90 Å². The van der Waals surface area contributed by atoms with E-state index in [1.807, 2.05) is 18.4 Å². The molecule has 2 rings (SSSR count). The average molecular weight is 335 g/mol. The molecule has 0 spiro atoms. The van der Waals surface area contributed by atoms with Crippen LogP contribution < -0.4 is 4.72 Å². The molecule has 0 saturated heterocycles. The third kappa shape index (κ3) is 3.22. The molecular formula is C11H11ClN2O2S3. The van der Waals surface area contributed by atoms with Crippen molar-refractivity contribution in [3.05, 3.63) is 34.4 Å². The molecule has 1 heterocycles. The maximum atomic E-state index is 12.3. The molecule has 0 aliphatic carbocycles. The molecule has 2 aromatic rings. The Kier molecular flexibility index (Phi) is 4.39. The van der Waals surface area contributed by atoms with Crippen LogP contribution in [-0.2, 0) is 10.0 Å². The lowest BCUT2D eigenvalue weighted by molar-refractivity contribution is 0.602. The second-order valence-electron chi connectivity index (χ2n) is 3.65. The molecule has 0 aliphatic rings. The van der Waals surface area contributed by atoms with Gasteiger partial charge in [-0.1, -0.05) is 35.1 Å². The maximum Gasteiger partial charge on any atom is 0.273 e. The normalized spacial score (nSPS) is 11.5. The summed E-state index contributed by atoms with van der Waals surface area (Å²) in [7, 11) is -3.65. The Balaban J connectivity index is 2.39. The molecule has 0 unspecified atom stereocenters. The summed E-state index contributed by atoms with van der Waals surface area (Å²) in [5.41, 5.74) is 0.961. The van der Waals surface area contributed by atoms with Gasteiger partial charge in [-0.05, 0) is 25.3 Å². The van der Waals surface area contributed by atoms with Crippen LogP contribution in [0.5, 0.6) is 0 Å². The van der Waals surface area contributed by atoms with Crippen LogP contribution in [0, 0.1) is 6.92 Å². The lowest BCUT2D eigenvalue weighted by atomic mass is 10.3. The number of sulfonamides is 1.